The van der Waals surface area contributed by atoms with Crippen LogP contribution in [0.5, 0.6) is 17.2 Å². The predicted molar refractivity (Wildman–Crippen MR) is 247 cm³/mol. The van der Waals surface area contributed by atoms with E-state index in [2.05, 4.69) is 55.4 Å². The van der Waals surface area contributed by atoms with E-state index in [1.165, 1.54) is 29.0 Å². The van der Waals surface area contributed by atoms with Crippen LogP contribution in [0.25, 0.3) is 16.6 Å². The lowest BCUT2D eigenvalue weighted by Gasteiger charge is -2.39. The first-order valence-electron chi connectivity index (χ1n) is 22.3. The predicted octanol–water partition coefficient (Wildman–Crippen LogP) is 7.85. The molecule has 2 bridgehead atoms. The zero-order valence-electron chi connectivity index (χ0n) is 36.4. The largest absolute Gasteiger partial charge is 0.493 e. The molecule has 15 nitrogen and oxygen atoms in total. The van der Waals surface area contributed by atoms with Gasteiger partial charge in [0, 0.05) is 98.3 Å². The topological polar surface area (TPSA) is 172 Å². The number of pyridine rings is 1. The molecule has 0 unspecified atom stereocenters. The van der Waals surface area contributed by atoms with Crippen LogP contribution in [-0.2, 0) is 21.2 Å². The molecule has 5 aromatic rings. The normalized spacial score (nSPS) is 22.2. The van der Waals surface area contributed by atoms with Gasteiger partial charge < -0.3 is 24.1 Å². The number of morpholine rings is 1. The second kappa shape index (κ2) is 17.4. The van der Waals surface area contributed by atoms with Crippen LogP contribution < -0.4 is 19.1 Å². The first-order chi connectivity index (χ1) is 31.2. The number of rotatable bonds is 12. The number of hydrogen-bond acceptors (Lipinski definition) is 12. The second-order valence-corrected chi connectivity index (χ2v) is 21.0. The average Bonchev–Trinajstić information content (AvgIpc) is 4.05. The lowest BCUT2D eigenvalue weighted by atomic mass is 9.72. The fraction of sp³-hybridized carbons (Fsp3) is 0.417. The number of likely N-dealkylation sites (tertiary alicyclic amines) is 1. The first kappa shape index (κ1) is 43.4. The van der Waals surface area contributed by atoms with Gasteiger partial charge in [-0.1, -0.05) is 43.2 Å². The van der Waals surface area contributed by atoms with Gasteiger partial charge in [-0.05, 0) is 85.1 Å². The molecular formula is C48H52ClN7O8S. The lowest BCUT2D eigenvalue weighted by molar-refractivity contribution is -0.386. The van der Waals surface area contributed by atoms with Crippen molar-refractivity contribution in [2.45, 2.75) is 63.0 Å². The number of piperazine rings is 1. The highest BCUT2D eigenvalue weighted by Gasteiger charge is 2.41. The molecule has 2 N–H and O–H groups in total. The summed E-state index contributed by atoms with van der Waals surface area (Å²) in [6.45, 7) is 11.1. The van der Waals surface area contributed by atoms with Gasteiger partial charge in [0.15, 0.2) is 0 Å². The number of fused-ring (bicyclic) bond motifs is 4. The van der Waals surface area contributed by atoms with Crippen molar-refractivity contribution in [3.8, 4) is 17.2 Å². The van der Waals surface area contributed by atoms with Crippen molar-refractivity contribution < 1.29 is 32.3 Å². The number of aromatic amines is 1. The van der Waals surface area contributed by atoms with Crippen LogP contribution in [0.15, 0.2) is 89.6 Å². The number of benzene rings is 3. The number of amides is 1. The summed E-state index contributed by atoms with van der Waals surface area (Å²) in [6.07, 6.45) is 8.05. The molecule has 17 heteroatoms. The molecule has 3 atom stereocenters. The number of anilines is 1. The summed E-state index contributed by atoms with van der Waals surface area (Å²) in [5.41, 5.74) is 5.73. The molecule has 6 heterocycles. The van der Waals surface area contributed by atoms with Crippen LogP contribution in [-0.4, -0.2) is 110 Å². The molecule has 1 amide bonds. The Bertz CT molecular complexity index is 2810. The summed E-state index contributed by atoms with van der Waals surface area (Å²) in [5.74, 6) is -0.375. The van der Waals surface area contributed by atoms with Crippen LogP contribution in [0.3, 0.4) is 0 Å². The van der Waals surface area contributed by atoms with Gasteiger partial charge in [-0.15, -0.1) is 0 Å². The number of nitrogens with one attached hydrogen (secondary N) is 2. The van der Waals surface area contributed by atoms with Crippen molar-refractivity contribution >= 4 is 55.5 Å². The maximum Gasteiger partial charge on any atom is 0.277 e. The maximum atomic E-state index is 14.1. The molecule has 1 aliphatic carbocycles. The Labute approximate surface area is 382 Å². The number of H-pyrrole nitrogens is 1. The summed E-state index contributed by atoms with van der Waals surface area (Å²) in [4.78, 5) is 40.0. The number of nitrogens with zero attached hydrogens (tertiary/aromatic N) is 5. The number of allylic oxidation sites excluding steroid dienone is 1. The number of sulfonamides is 1. The minimum atomic E-state index is -4.63. The molecule has 0 saturated carbocycles. The third-order valence-corrected chi connectivity index (χ3v) is 15.3. The quantitative estimate of drug-likeness (QED) is 0.0919. The van der Waals surface area contributed by atoms with E-state index in [0.29, 0.717) is 42.6 Å². The summed E-state index contributed by atoms with van der Waals surface area (Å²) < 4.78 is 48.2. The van der Waals surface area contributed by atoms with Gasteiger partial charge in [-0.3, -0.25) is 24.7 Å². The standard InChI is InChI=1S/C48H52ClN7O8S/c1-48(2)11-9-33(42(23-48)31-3-5-34(49)6-4-31)26-53-13-15-54(16-14-53)35-7-8-40(45(20-35)64-37-18-32-10-12-50-46(32)51-24-37)47(57)52-65(60,61)39-21-43(56(58)59)41-17-30(28-63-44(41)22-39)25-55-27-38-19-36(55)29-62-38/h3-8,10,12,18,20-22,24,30,36,38H,9,11,13-17,19,23,25-29H2,1-2H3,(H,50,51)(H,52,57)/t30-,36+,38+/m0/s1. The van der Waals surface area contributed by atoms with Crippen LogP contribution in [0.2, 0.25) is 5.02 Å². The van der Waals surface area contributed by atoms with Crippen molar-refractivity contribution in [1.82, 2.24) is 24.5 Å². The van der Waals surface area contributed by atoms with Crippen molar-refractivity contribution in [2.75, 3.05) is 63.9 Å². The molecule has 0 spiro atoms. The highest BCUT2D eigenvalue weighted by Crippen LogP contribution is 2.44. The fourth-order valence-electron chi connectivity index (χ4n) is 10.2. The highest BCUT2D eigenvalue weighted by molar-refractivity contribution is 7.90. The monoisotopic (exact) mass is 921 g/mol. The van der Waals surface area contributed by atoms with E-state index in [1.54, 1.807) is 30.5 Å². The Hall–Kier alpha value is -5.52. The Kier molecular flexibility index (Phi) is 11.6. The Balaban J connectivity index is 0.872. The first-order valence-corrected chi connectivity index (χ1v) is 24.2. The number of nitro benzene ring substituents is 1. The molecule has 65 heavy (non-hydrogen) atoms. The third kappa shape index (κ3) is 9.19. The number of aromatic nitrogens is 2. The fourth-order valence-corrected chi connectivity index (χ4v) is 11.3. The van der Waals surface area contributed by atoms with E-state index in [1.807, 2.05) is 18.2 Å². The van der Waals surface area contributed by atoms with Crippen LogP contribution in [0.1, 0.15) is 61.0 Å². The molecule has 5 aliphatic rings. The number of hydrogen-bond donors (Lipinski definition) is 2. The van der Waals surface area contributed by atoms with Crippen LogP contribution >= 0.6 is 11.6 Å². The average molecular weight is 923 g/mol. The third-order valence-electron chi connectivity index (χ3n) is 13.7. The van der Waals surface area contributed by atoms with Gasteiger partial charge in [0.25, 0.3) is 21.6 Å². The summed E-state index contributed by atoms with van der Waals surface area (Å²) in [5, 5.41) is 13.9. The molecule has 3 fully saturated rings. The van der Waals surface area contributed by atoms with E-state index < -0.39 is 25.7 Å². The Morgan fingerprint density at radius 1 is 1.06 bits per heavy atom. The SMILES string of the molecule is CC1(C)CCC(CN2CCN(c3ccc(C(=O)NS(=O)(=O)c4cc5c(c([N+](=O)[O-])c4)C[C@@H](CN4C[C@H]6C[C@@H]4CO6)CO5)c(Oc4cnc5[nH]ccc5c4)c3)CC2)=C(c2ccc(Cl)cc2)C1. The van der Waals surface area contributed by atoms with E-state index >= 15 is 0 Å². The smallest absolute Gasteiger partial charge is 0.277 e. The summed E-state index contributed by atoms with van der Waals surface area (Å²) in [7, 11) is -4.63. The van der Waals surface area contributed by atoms with Gasteiger partial charge in [0.1, 0.15) is 22.9 Å². The molecule has 3 saturated heterocycles. The minimum absolute atomic E-state index is 0.0119. The maximum absolute atomic E-state index is 14.1. The number of halogens is 1. The zero-order chi connectivity index (χ0) is 45.0. The molecule has 2 aromatic heterocycles. The zero-order valence-corrected chi connectivity index (χ0v) is 38.0. The number of carbonyl (C=O) groups excluding carboxylic acids is 1. The van der Waals surface area contributed by atoms with E-state index in [4.69, 9.17) is 25.8 Å². The number of ether oxygens (including phenoxy) is 3. The van der Waals surface area contributed by atoms with E-state index in [-0.39, 0.29) is 46.8 Å². The van der Waals surface area contributed by atoms with Crippen molar-refractivity contribution in [3.05, 3.63) is 117 Å². The summed E-state index contributed by atoms with van der Waals surface area (Å²) in [6, 6.07) is 19.5. The van der Waals surface area contributed by atoms with Gasteiger partial charge in [0.2, 0.25) is 0 Å². The van der Waals surface area contributed by atoms with Crippen molar-refractivity contribution in [3.63, 3.8) is 0 Å². The number of carbonyl (C=O) groups is 1. The van der Waals surface area contributed by atoms with E-state index in [9.17, 15) is 23.3 Å². The molecule has 10 rings (SSSR count). The van der Waals surface area contributed by atoms with Crippen LogP contribution in [0.4, 0.5) is 11.4 Å². The molecule has 3 aromatic carbocycles. The van der Waals surface area contributed by atoms with Gasteiger partial charge in [-0.25, -0.2) is 18.1 Å². The van der Waals surface area contributed by atoms with Crippen molar-refractivity contribution in [2.24, 2.45) is 11.3 Å². The van der Waals surface area contributed by atoms with Gasteiger partial charge >= 0.3 is 0 Å². The molecule has 4 aliphatic heterocycles. The molecule has 340 valence electrons. The lowest BCUT2D eigenvalue weighted by Crippen LogP contribution is -2.47. The van der Waals surface area contributed by atoms with E-state index in [0.717, 1.165) is 87.1 Å². The second-order valence-electron chi connectivity index (χ2n) is 18.9. The molecule has 0 radical (unpaired) electrons. The summed E-state index contributed by atoms with van der Waals surface area (Å²) >= 11 is 6.25. The Morgan fingerprint density at radius 2 is 1.88 bits per heavy atom. The van der Waals surface area contributed by atoms with Crippen molar-refractivity contribution in [1.29, 1.82) is 0 Å². The highest BCUT2D eigenvalue weighted by atomic mass is 35.5. The van der Waals surface area contributed by atoms with Gasteiger partial charge in [-0.2, -0.15) is 0 Å². The minimum Gasteiger partial charge on any atom is -0.493 e. The van der Waals surface area contributed by atoms with Gasteiger partial charge in [0.05, 0.1) is 46.5 Å². The number of nitro groups is 1. The van der Waals surface area contributed by atoms with Crippen LogP contribution in [0, 0.1) is 21.4 Å². The molecular weight excluding hydrogens is 870 g/mol. The Morgan fingerprint density at radius 3 is 2.63 bits per heavy atom.